The lowest BCUT2D eigenvalue weighted by molar-refractivity contribution is 0.359. The summed E-state index contributed by atoms with van der Waals surface area (Å²) < 4.78 is 5.40. The van der Waals surface area contributed by atoms with Crippen LogP contribution in [-0.4, -0.2) is 33.8 Å². The van der Waals surface area contributed by atoms with E-state index in [-0.39, 0.29) is 0 Å². The Morgan fingerprint density at radius 2 is 2.22 bits per heavy atom. The summed E-state index contributed by atoms with van der Waals surface area (Å²) in [4.78, 5) is 2.30. The maximum absolute atomic E-state index is 5.40. The van der Waals surface area contributed by atoms with E-state index in [4.69, 9.17) is 4.74 Å². The molecule has 1 aliphatic heterocycles. The Hall–Kier alpha value is -1.22. The molecule has 1 N–H and O–H groups in total. The number of ether oxygens (including phenoxy) is 1. The normalized spacial score (nSPS) is 19.6. The highest BCUT2D eigenvalue weighted by Crippen LogP contribution is 2.27. The van der Waals surface area contributed by atoms with Gasteiger partial charge in [0.15, 0.2) is 0 Å². The number of hydrogen-bond donors (Lipinski definition) is 1. The van der Waals surface area contributed by atoms with Gasteiger partial charge in [-0.05, 0) is 50.4 Å². The molecule has 0 bridgehead atoms. The summed E-state index contributed by atoms with van der Waals surface area (Å²) in [6.07, 6.45) is 3.94. The molecular weight excluding hydrogens is 224 g/mol. The lowest BCUT2D eigenvalue weighted by Gasteiger charge is -2.27. The SMILES string of the molecule is COc1ccccc1N(C)CCC1CCCNC1. The van der Waals surface area contributed by atoms with Crippen molar-refractivity contribution in [3.05, 3.63) is 24.3 Å². The zero-order chi connectivity index (χ0) is 12.8. The molecule has 0 radical (unpaired) electrons. The van der Waals surface area contributed by atoms with Crippen LogP contribution in [0.15, 0.2) is 24.3 Å². The summed E-state index contributed by atoms with van der Waals surface area (Å²) >= 11 is 0. The van der Waals surface area contributed by atoms with Gasteiger partial charge in [-0.1, -0.05) is 12.1 Å². The van der Waals surface area contributed by atoms with E-state index in [0.717, 1.165) is 18.2 Å². The largest absolute Gasteiger partial charge is 0.495 e. The molecule has 0 aromatic heterocycles. The second-order valence-electron chi connectivity index (χ2n) is 5.09. The van der Waals surface area contributed by atoms with Crippen LogP contribution < -0.4 is 15.0 Å². The summed E-state index contributed by atoms with van der Waals surface area (Å²) in [5.74, 6) is 1.79. The van der Waals surface area contributed by atoms with Crippen molar-refractivity contribution in [1.82, 2.24) is 5.32 Å². The van der Waals surface area contributed by atoms with Crippen LogP contribution >= 0.6 is 0 Å². The summed E-state index contributed by atoms with van der Waals surface area (Å²) in [7, 11) is 3.88. The molecule has 1 aromatic rings. The second-order valence-corrected chi connectivity index (χ2v) is 5.09. The van der Waals surface area contributed by atoms with E-state index < -0.39 is 0 Å². The quantitative estimate of drug-likeness (QED) is 0.866. The van der Waals surface area contributed by atoms with Gasteiger partial charge in [0.1, 0.15) is 5.75 Å². The predicted molar refractivity (Wildman–Crippen MR) is 76.5 cm³/mol. The zero-order valence-corrected chi connectivity index (χ0v) is 11.5. The summed E-state index contributed by atoms with van der Waals surface area (Å²) in [6, 6.07) is 8.23. The number of hydrogen-bond acceptors (Lipinski definition) is 3. The van der Waals surface area contributed by atoms with Crippen molar-refractivity contribution in [3.8, 4) is 5.75 Å². The highest BCUT2D eigenvalue weighted by atomic mass is 16.5. The third-order valence-electron chi connectivity index (χ3n) is 3.77. The van der Waals surface area contributed by atoms with Crippen LogP contribution in [0.2, 0.25) is 0 Å². The number of rotatable bonds is 5. The average molecular weight is 248 g/mol. The number of anilines is 1. The molecule has 0 spiro atoms. The summed E-state index contributed by atoms with van der Waals surface area (Å²) in [6.45, 7) is 3.46. The van der Waals surface area contributed by atoms with Crippen molar-refractivity contribution in [2.24, 2.45) is 5.92 Å². The number of methoxy groups -OCH3 is 1. The maximum Gasteiger partial charge on any atom is 0.142 e. The smallest absolute Gasteiger partial charge is 0.142 e. The molecule has 0 aliphatic carbocycles. The Labute approximate surface area is 110 Å². The van der Waals surface area contributed by atoms with Crippen LogP contribution in [0.1, 0.15) is 19.3 Å². The zero-order valence-electron chi connectivity index (χ0n) is 11.5. The van der Waals surface area contributed by atoms with E-state index in [9.17, 15) is 0 Å². The van der Waals surface area contributed by atoms with Gasteiger partial charge in [0.05, 0.1) is 12.8 Å². The van der Waals surface area contributed by atoms with Crippen LogP contribution in [0.5, 0.6) is 5.75 Å². The minimum Gasteiger partial charge on any atom is -0.495 e. The molecule has 2 rings (SSSR count). The van der Waals surface area contributed by atoms with Gasteiger partial charge < -0.3 is 15.0 Å². The van der Waals surface area contributed by atoms with Gasteiger partial charge in [0.2, 0.25) is 0 Å². The molecule has 3 nitrogen and oxygen atoms in total. The Balaban J connectivity index is 1.88. The third kappa shape index (κ3) is 3.39. The van der Waals surface area contributed by atoms with Crippen molar-refractivity contribution < 1.29 is 4.74 Å². The van der Waals surface area contributed by atoms with Crippen molar-refractivity contribution in [2.75, 3.05) is 38.7 Å². The van der Waals surface area contributed by atoms with Crippen molar-refractivity contribution in [1.29, 1.82) is 0 Å². The Bertz CT molecular complexity index is 361. The monoisotopic (exact) mass is 248 g/mol. The molecule has 1 aliphatic rings. The van der Waals surface area contributed by atoms with E-state index in [1.807, 2.05) is 12.1 Å². The standard InChI is InChI=1S/C15H24N2O/c1-17(11-9-13-6-5-10-16-12-13)14-7-3-4-8-15(14)18-2/h3-4,7-8,13,16H,5-6,9-12H2,1-2H3. The molecule has 3 heteroatoms. The predicted octanol–water partition coefficient (Wildman–Crippen LogP) is 2.52. The summed E-state index contributed by atoms with van der Waals surface area (Å²) in [5.41, 5.74) is 1.18. The lowest BCUT2D eigenvalue weighted by atomic mass is 9.96. The van der Waals surface area contributed by atoms with E-state index >= 15 is 0 Å². The fourth-order valence-corrected chi connectivity index (χ4v) is 2.61. The number of nitrogens with zero attached hydrogens (tertiary/aromatic N) is 1. The van der Waals surface area contributed by atoms with Crippen molar-refractivity contribution >= 4 is 5.69 Å². The number of benzene rings is 1. The Morgan fingerprint density at radius 3 is 2.94 bits per heavy atom. The van der Waals surface area contributed by atoms with E-state index in [0.29, 0.717) is 0 Å². The molecular formula is C15H24N2O. The van der Waals surface area contributed by atoms with Crippen molar-refractivity contribution in [3.63, 3.8) is 0 Å². The highest BCUT2D eigenvalue weighted by Gasteiger charge is 2.14. The van der Waals surface area contributed by atoms with Gasteiger partial charge in [0.25, 0.3) is 0 Å². The number of piperidine rings is 1. The van der Waals surface area contributed by atoms with Crippen LogP contribution in [0.3, 0.4) is 0 Å². The van der Waals surface area contributed by atoms with Crippen LogP contribution in [0.4, 0.5) is 5.69 Å². The summed E-state index contributed by atoms with van der Waals surface area (Å²) in [5, 5.41) is 3.48. The highest BCUT2D eigenvalue weighted by molar-refractivity contribution is 5.57. The van der Waals surface area contributed by atoms with Gasteiger partial charge in [-0.15, -0.1) is 0 Å². The van der Waals surface area contributed by atoms with E-state index in [2.05, 4.69) is 29.4 Å². The number of para-hydroxylation sites is 2. The van der Waals surface area contributed by atoms with Gasteiger partial charge in [-0.3, -0.25) is 0 Å². The van der Waals surface area contributed by atoms with Gasteiger partial charge in [0, 0.05) is 13.6 Å². The first kappa shape index (κ1) is 13.2. The van der Waals surface area contributed by atoms with Crippen molar-refractivity contribution in [2.45, 2.75) is 19.3 Å². The fraction of sp³-hybridized carbons (Fsp3) is 0.600. The molecule has 1 atom stereocenters. The second kappa shape index (κ2) is 6.64. The molecule has 100 valence electrons. The topological polar surface area (TPSA) is 24.5 Å². The molecule has 1 aromatic carbocycles. The minimum absolute atomic E-state index is 0.830. The molecule has 18 heavy (non-hydrogen) atoms. The minimum atomic E-state index is 0.830. The Morgan fingerprint density at radius 1 is 1.39 bits per heavy atom. The molecule has 1 heterocycles. The molecule has 0 amide bonds. The van der Waals surface area contributed by atoms with E-state index in [1.54, 1.807) is 7.11 Å². The van der Waals surface area contributed by atoms with Gasteiger partial charge in [-0.2, -0.15) is 0 Å². The first-order valence-electron chi connectivity index (χ1n) is 6.86. The Kier molecular flexibility index (Phi) is 4.88. The van der Waals surface area contributed by atoms with Crippen LogP contribution in [-0.2, 0) is 0 Å². The fourth-order valence-electron chi connectivity index (χ4n) is 2.61. The first-order valence-corrected chi connectivity index (χ1v) is 6.86. The molecule has 1 unspecified atom stereocenters. The van der Waals surface area contributed by atoms with E-state index in [1.165, 1.54) is 38.0 Å². The molecule has 1 saturated heterocycles. The molecule has 0 saturated carbocycles. The average Bonchev–Trinajstić information content (AvgIpc) is 2.45. The van der Waals surface area contributed by atoms with Gasteiger partial charge in [-0.25, -0.2) is 0 Å². The van der Waals surface area contributed by atoms with Crippen LogP contribution in [0.25, 0.3) is 0 Å². The van der Waals surface area contributed by atoms with Crippen LogP contribution in [0, 0.1) is 5.92 Å². The molecule has 1 fully saturated rings. The first-order chi connectivity index (χ1) is 8.81. The number of nitrogens with one attached hydrogen (secondary N) is 1. The van der Waals surface area contributed by atoms with Gasteiger partial charge >= 0.3 is 0 Å². The maximum atomic E-state index is 5.40. The third-order valence-corrected chi connectivity index (χ3v) is 3.77. The lowest BCUT2D eigenvalue weighted by Crippen LogP contribution is -2.32.